The number of carbonyl (C=O) groups is 1. The van der Waals surface area contributed by atoms with Crippen LogP contribution in [-0.2, 0) is 9.53 Å². The molecule has 0 aliphatic rings. The van der Waals surface area contributed by atoms with Crippen LogP contribution < -0.4 is 10.9 Å². The van der Waals surface area contributed by atoms with Gasteiger partial charge in [-0.15, -0.1) is 10.0 Å². The summed E-state index contributed by atoms with van der Waals surface area (Å²) in [5.74, 6) is -0.736. The van der Waals surface area contributed by atoms with Crippen molar-refractivity contribution >= 4 is 5.97 Å². The van der Waals surface area contributed by atoms with Gasteiger partial charge >= 0.3 is 5.97 Å². The van der Waals surface area contributed by atoms with Gasteiger partial charge in [0, 0.05) is 0 Å². The van der Waals surface area contributed by atoms with Crippen LogP contribution in [0.25, 0.3) is 0 Å². The second kappa shape index (κ2) is 12.4. The first kappa shape index (κ1) is 23.1. The Balaban J connectivity index is 4.08. The molecule has 0 rings (SSSR count). The minimum atomic E-state index is -1.88. The first-order valence-electron chi connectivity index (χ1n) is 7.48. The Morgan fingerprint density at radius 1 is 1.08 bits per heavy atom. The Morgan fingerprint density at radius 3 is 2.21 bits per heavy atom. The molecule has 0 bridgehead atoms. The summed E-state index contributed by atoms with van der Waals surface area (Å²) in [5, 5.41) is 58.6. The zero-order chi connectivity index (χ0) is 18.7. The van der Waals surface area contributed by atoms with Crippen molar-refractivity contribution in [2.75, 3.05) is 20.3 Å². The summed E-state index contributed by atoms with van der Waals surface area (Å²) in [5.41, 5.74) is 1.32. The molecule has 11 heteroatoms. The van der Waals surface area contributed by atoms with Gasteiger partial charge in [0.1, 0.15) is 36.7 Å². The molecule has 0 aromatic rings. The Hall–Kier alpha value is -0.920. The van der Waals surface area contributed by atoms with Crippen LogP contribution in [0.15, 0.2) is 0 Å². The topological polar surface area (TPSA) is 172 Å². The predicted octanol–water partition coefficient (Wildman–Crippen LogP) is -3.48. The minimum absolute atomic E-state index is 0.160. The molecule has 6 unspecified atom stereocenters. The number of nitrogens with one attached hydrogen (secondary N) is 2. The highest BCUT2D eigenvalue weighted by Crippen LogP contribution is 2.08. The van der Waals surface area contributed by atoms with Gasteiger partial charge in [-0.1, -0.05) is 0 Å². The molecule has 0 aliphatic carbocycles. The number of carbonyl (C=O) groups excluding carboxylic acids is 1. The van der Waals surface area contributed by atoms with E-state index in [9.17, 15) is 29.7 Å². The summed E-state index contributed by atoms with van der Waals surface area (Å²) in [6, 6.07) is -1.08. The summed E-state index contributed by atoms with van der Waals surface area (Å²) in [4.78, 5) is 11.1. The molecule has 144 valence electrons. The molecule has 6 atom stereocenters. The Morgan fingerprint density at radius 2 is 1.71 bits per heavy atom. The molecular formula is C13H27FN2O8. The maximum absolute atomic E-state index is 12.4. The fraction of sp³-hybridized carbons (Fsp3) is 0.923. The normalized spacial score (nSPS) is 19.2. The van der Waals surface area contributed by atoms with E-state index in [4.69, 9.17) is 10.2 Å². The summed E-state index contributed by atoms with van der Waals surface area (Å²) < 4.78 is 16.8. The average molecular weight is 358 g/mol. The van der Waals surface area contributed by atoms with Gasteiger partial charge < -0.3 is 35.4 Å². The Labute approximate surface area is 138 Å². The highest BCUT2D eigenvalue weighted by Gasteiger charge is 2.33. The number of esters is 1. The Kier molecular flexibility index (Phi) is 12.0. The SMILES string of the molecule is COC(=O)C(CCCCNC(O)C(O)C(O)C(O)C(O)CO)NF. The molecule has 0 aromatic heterocycles. The van der Waals surface area contributed by atoms with Gasteiger partial charge in [0.2, 0.25) is 0 Å². The van der Waals surface area contributed by atoms with E-state index in [1.165, 1.54) is 5.54 Å². The van der Waals surface area contributed by atoms with Crippen molar-refractivity contribution in [1.29, 1.82) is 0 Å². The van der Waals surface area contributed by atoms with Crippen LogP contribution in [0.2, 0.25) is 0 Å². The third kappa shape index (κ3) is 7.77. The molecule has 0 saturated heterocycles. The molecule has 0 heterocycles. The lowest BCUT2D eigenvalue weighted by atomic mass is 10.0. The van der Waals surface area contributed by atoms with Crippen molar-refractivity contribution in [3.05, 3.63) is 0 Å². The van der Waals surface area contributed by atoms with Gasteiger partial charge in [-0.2, -0.15) is 0 Å². The van der Waals surface area contributed by atoms with Gasteiger partial charge in [0.25, 0.3) is 0 Å². The summed E-state index contributed by atoms with van der Waals surface area (Å²) in [6.07, 6.45) is -7.81. The van der Waals surface area contributed by atoms with E-state index in [1.54, 1.807) is 0 Å². The second-order valence-corrected chi connectivity index (χ2v) is 5.30. The van der Waals surface area contributed by atoms with Gasteiger partial charge in [0.15, 0.2) is 0 Å². The number of hydrogen-bond donors (Lipinski definition) is 8. The van der Waals surface area contributed by atoms with Crippen molar-refractivity contribution in [2.24, 2.45) is 0 Å². The highest BCUT2D eigenvalue weighted by atomic mass is 19.2. The van der Waals surface area contributed by atoms with Crippen LogP contribution in [0, 0.1) is 0 Å². The third-order valence-electron chi connectivity index (χ3n) is 3.50. The molecule has 8 N–H and O–H groups in total. The van der Waals surface area contributed by atoms with Crippen LogP contribution >= 0.6 is 0 Å². The van der Waals surface area contributed by atoms with Gasteiger partial charge in [-0.05, 0) is 25.8 Å². The largest absolute Gasteiger partial charge is 0.468 e. The standard InChI is InChI=1S/C13H27FN2O8/c1-24-13(23)7(16-14)4-2-3-5-15-12(22)11(21)10(20)9(19)8(18)6-17/h7-12,15-22H,2-6H2,1H3. The third-order valence-corrected chi connectivity index (χ3v) is 3.50. The fourth-order valence-electron chi connectivity index (χ4n) is 1.93. The van der Waals surface area contributed by atoms with Crippen LogP contribution in [0.3, 0.4) is 0 Å². The van der Waals surface area contributed by atoms with E-state index in [0.717, 1.165) is 7.11 Å². The predicted molar refractivity (Wildman–Crippen MR) is 79.0 cm³/mol. The zero-order valence-electron chi connectivity index (χ0n) is 13.4. The molecule has 0 radical (unpaired) electrons. The van der Waals surface area contributed by atoms with Crippen LogP contribution in [0.1, 0.15) is 19.3 Å². The lowest BCUT2D eigenvalue weighted by molar-refractivity contribution is -0.145. The molecule has 0 fully saturated rings. The monoisotopic (exact) mass is 358 g/mol. The van der Waals surface area contributed by atoms with E-state index in [1.807, 2.05) is 0 Å². The molecule has 0 saturated carbocycles. The van der Waals surface area contributed by atoms with Gasteiger partial charge in [0.05, 0.1) is 13.7 Å². The van der Waals surface area contributed by atoms with Crippen LogP contribution in [0.4, 0.5) is 4.48 Å². The lowest BCUT2D eigenvalue weighted by Crippen LogP contribution is -2.53. The molecule has 0 aromatic carbocycles. The number of halogens is 1. The lowest BCUT2D eigenvalue weighted by Gasteiger charge is -2.28. The van der Waals surface area contributed by atoms with E-state index in [0.29, 0.717) is 12.8 Å². The van der Waals surface area contributed by atoms with E-state index < -0.39 is 49.3 Å². The van der Waals surface area contributed by atoms with Crippen molar-refractivity contribution < 1.29 is 44.7 Å². The number of unbranched alkanes of at least 4 members (excludes halogenated alkanes) is 1. The first-order valence-corrected chi connectivity index (χ1v) is 7.48. The zero-order valence-corrected chi connectivity index (χ0v) is 13.4. The molecule has 0 spiro atoms. The molecular weight excluding hydrogens is 331 g/mol. The smallest absolute Gasteiger partial charge is 0.325 e. The number of rotatable bonds is 13. The molecule has 10 nitrogen and oxygen atoms in total. The average Bonchev–Trinajstić information content (AvgIpc) is 2.60. The van der Waals surface area contributed by atoms with E-state index in [-0.39, 0.29) is 13.0 Å². The molecule has 0 amide bonds. The summed E-state index contributed by atoms with van der Waals surface area (Å²) in [6.45, 7) is -0.651. The van der Waals surface area contributed by atoms with Crippen LogP contribution in [-0.4, -0.2) is 93.6 Å². The maximum Gasteiger partial charge on any atom is 0.325 e. The quantitative estimate of drug-likeness (QED) is 0.0715. The van der Waals surface area contributed by atoms with Crippen LogP contribution in [0.5, 0.6) is 0 Å². The minimum Gasteiger partial charge on any atom is -0.468 e. The highest BCUT2D eigenvalue weighted by molar-refractivity contribution is 5.75. The molecule has 24 heavy (non-hydrogen) atoms. The van der Waals surface area contributed by atoms with E-state index >= 15 is 0 Å². The number of hydrogen-bond acceptors (Lipinski definition) is 10. The number of ether oxygens (including phenoxy) is 1. The fourth-order valence-corrected chi connectivity index (χ4v) is 1.93. The van der Waals surface area contributed by atoms with Gasteiger partial charge in [-0.3, -0.25) is 10.1 Å². The van der Waals surface area contributed by atoms with E-state index in [2.05, 4.69) is 10.1 Å². The number of aliphatic hydroxyl groups is 6. The van der Waals surface area contributed by atoms with Crippen molar-refractivity contribution in [2.45, 2.75) is 55.9 Å². The van der Waals surface area contributed by atoms with Crippen molar-refractivity contribution in [1.82, 2.24) is 10.9 Å². The number of methoxy groups -OCH3 is 1. The van der Waals surface area contributed by atoms with Crippen molar-refractivity contribution in [3.63, 3.8) is 0 Å². The second-order valence-electron chi connectivity index (χ2n) is 5.30. The van der Waals surface area contributed by atoms with Crippen molar-refractivity contribution in [3.8, 4) is 0 Å². The summed E-state index contributed by atoms with van der Waals surface area (Å²) >= 11 is 0. The van der Waals surface area contributed by atoms with Gasteiger partial charge in [-0.25, -0.2) is 0 Å². The maximum atomic E-state index is 12.4. The first-order chi connectivity index (χ1) is 11.3. The number of aliphatic hydroxyl groups excluding tert-OH is 6. The molecule has 0 aliphatic heterocycles. The Bertz CT molecular complexity index is 352. The summed E-state index contributed by atoms with van der Waals surface area (Å²) in [7, 11) is 1.14.